The highest BCUT2D eigenvalue weighted by molar-refractivity contribution is 5.54. The molecule has 0 aliphatic rings. The van der Waals surface area contributed by atoms with E-state index in [1.165, 1.54) is 12.8 Å². The lowest BCUT2D eigenvalue weighted by molar-refractivity contribution is 0.759. The van der Waals surface area contributed by atoms with E-state index in [4.69, 9.17) is 5.73 Å². The van der Waals surface area contributed by atoms with Gasteiger partial charge in [0.15, 0.2) is 0 Å². The Kier molecular flexibility index (Phi) is 3.74. The molecule has 0 aliphatic heterocycles. The van der Waals surface area contributed by atoms with E-state index in [1.54, 1.807) is 0 Å². The first-order valence-corrected chi connectivity index (χ1v) is 5.08. The van der Waals surface area contributed by atoms with Crippen molar-refractivity contribution in [2.24, 2.45) is 0 Å². The summed E-state index contributed by atoms with van der Waals surface area (Å²) in [7, 11) is 2.05. The number of hydrogen-bond acceptors (Lipinski definition) is 3. The van der Waals surface area contributed by atoms with E-state index < -0.39 is 0 Å². The third kappa shape index (κ3) is 2.62. The molecule has 0 atom stereocenters. The lowest BCUT2D eigenvalue weighted by atomic mass is 10.2. The van der Waals surface area contributed by atoms with Gasteiger partial charge in [0.25, 0.3) is 0 Å². The van der Waals surface area contributed by atoms with Gasteiger partial charge in [0, 0.05) is 31.5 Å². The second-order valence-corrected chi connectivity index (χ2v) is 3.67. The van der Waals surface area contributed by atoms with Crippen LogP contribution in [0.3, 0.4) is 0 Å². The van der Waals surface area contributed by atoms with Crippen molar-refractivity contribution in [3.8, 4) is 0 Å². The highest BCUT2D eigenvalue weighted by atomic mass is 15.2. The van der Waals surface area contributed by atoms with Gasteiger partial charge in [-0.3, -0.25) is 0 Å². The topological polar surface area (TPSA) is 42.1 Å². The third-order valence-corrected chi connectivity index (χ3v) is 2.37. The average Bonchev–Trinajstić information content (AvgIpc) is 2.18. The maximum absolute atomic E-state index is 5.82. The number of anilines is 2. The van der Waals surface area contributed by atoms with Crippen LogP contribution < -0.4 is 10.6 Å². The number of nitrogens with two attached hydrogens (primary N) is 1. The summed E-state index contributed by atoms with van der Waals surface area (Å²) in [5, 5.41) is 0. The van der Waals surface area contributed by atoms with Crippen LogP contribution in [0.25, 0.3) is 0 Å². The zero-order valence-electron chi connectivity index (χ0n) is 9.25. The standard InChI is InChI=1S/C11H19N3/c1-4-5-6-14(3)11-7-10(12)9(2)8-13-11/h7-8H,4-6H2,1-3H3,(H2,12,13). The predicted molar refractivity (Wildman–Crippen MR) is 61.6 cm³/mol. The van der Waals surface area contributed by atoms with E-state index in [9.17, 15) is 0 Å². The largest absolute Gasteiger partial charge is 0.398 e. The SMILES string of the molecule is CCCCN(C)c1cc(N)c(C)cn1. The Balaban J connectivity index is 2.70. The molecule has 78 valence electrons. The fourth-order valence-electron chi connectivity index (χ4n) is 1.25. The molecule has 0 aliphatic carbocycles. The molecule has 1 heterocycles. The van der Waals surface area contributed by atoms with Gasteiger partial charge in [-0.05, 0) is 18.9 Å². The molecule has 14 heavy (non-hydrogen) atoms. The summed E-state index contributed by atoms with van der Waals surface area (Å²) in [5.41, 5.74) is 7.68. The van der Waals surface area contributed by atoms with Gasteiger partial charge in [0.05, 0.1) is 0 Å². The molecule has 1 aromatic heterocycles. The van der Waals surface area contributed by atoms with Crippen molar-refractivity contribution < 1.29 is 0 Å². The van der Waals surface area contributed by atoms with Gasteiger partial charge >= 0.3 is 0 Å². The summed E-state index contributed by atoms with van der Waals surface area (Å²) in [6.45, 7) is 5.19. The van der Waals surface area contributed by atoms with Crippen LogP contribution >= 0.6 is 0 Å². The fourth-order valence-corrected chi connectivity index (χ4v) is 1.25. The van der Waals surface area contributed by atoms with E-state index in [-0.39, 0.29) is 0 Å². The number of aromatic nitrogens is 1. The molecule has 3 nitrogen and oxygen atoms in total. The molecule has 0 saturated heterocycles. The van der Waals surface area contributed by atoms with Gasteiger partial charge in [-0.1, -0.05) is 13.3 Å². The van der Waals surface area contributed by atoms with E-state index in [2.05, 4.69) is 16.8 Å². The van der Waals surface area contributed by atoms with Crippen molar-refractivity contribution in [3.63, 3.8) is 0 Å². The average molecular weight is 193 g/mol. The zero-order chi connectivity index (χ0) is 10.6. The Morgan fingerprint density at radius 3 is 2.79 bits per heavy atom. The number of hydrogen-bond donors (Lipinski definition) is 1. The van der Waals surface area contributed by atoms with Crippen LogP contribution in [-0.4, -0.2) is 18.6 Å². The number of aryl methyl sites for hydroxylation is 1. The van der Waals surface area contributed by atoms with Gasteiger partial charge < -0.3 is 10.6 Å². The van der Waals surface area contributed by atoms with Crippen molar-refractivity contribution in [1.29, 1.82) is 0 Å². The molecule has 1 rings (SSSR count). The summed E-state index contributed by atoms with van der Waals surface area (Å²) in [6.07, 6.45) is 4.21. The molecule has 3 heteroatoms. The fraction of sp³-hybridized carbons (Fsp3) is 0.545. The maximum atomic E-state index is 5.82. The van der Waals surface area contributed by atoms with E-state index >= 15 is 0 Å². The minimum Gasteiger partial charge on any atom is -0.398 e. The minimum atomic E-state index is 0.818. The van der Waals surface area contributed by atoms with Gasteiger partial charge in [-0.25, -0.2) is 4.98 Å². The Bertz CT molecular complexity index is 297. The molecule has 0 unspecified atom stereocenters. The first-order chi connectivity index (χ1) is 6.65. The molecule has 0 aromatic carbocycles. The molecule has 0 saturated carbocycles. The first-order valence-electron chi connectivity index (χ1n) is 5.08. The van der Waals surface area contributed by atoms with Gasteiger partial charge in [-0.2, -0.15) is 0 Å². The smallest absolute Gasteiger partial charge is 0.130 e. The van der Waals surface area contributed by atoms with Crippen molar-refractivity contribution in [1.82, 2.24) is 4.98 Å². The van der Waals surface area contributed by atoms with Gasteiger partial charge in [-0.15, -0.1) is 0 Å². The van der Waals surface area contributed by atoms with Crippen molar-refractivity contribution >= 4 is 11.5 Å². The lowest BCUT2D eigenvalue weighted by Crippen LogP contribution is -2.19. The predicted octanol–water partition coefficient (Wildman–Crippen LogP) is 2.21. The normalized spacial score (nSPS) is 10.2. The molecular weight excluding hydrogens is 174 g/mol. The first kappa shape index (κ1) is 10.8. The summed E-state index contributed by atoms with van der Waals surface area (Å²) in [5.74, 6) is 0.960. The van der Waals surface area contributed by atoms with Crippen LogP contribution in [0.15, 0.2) is 12.3 Å². The summed E-state index contributed by atoms with van der Waals surface area (Å²) >= 11 is 0. The van der Waals surface area contributed by atoms with Crippen molar-refractivity contribution in [2.75, 3.05) is 24.2 Å². The van der Waals surface area contributed by atoms with Gasteiger partial charge in [0.2, 0.25) is 0 Å². The van der Waals surface area contributed by atoms with Crippen LogP contribution in [-0.2, 0) is 0 Å². The van der Waals surface area contributed by atoms with E-state index in [0.29, 0.717) is 0 Å². The zero-order valence-corrected chi connectivity index (χ0v) is 9.25. The highest BCUT2D eigenvalue weighted by Crippen LogP contribution is 2.16. The minimum absolute atomic E-state index is 0.818. The second kappa shape index (κ2) is 4.84. The summed E-state index contributed by atoms with van der Waals surface area (Å²) in [6, 6.07) is 1.94. The van der Waals surface area contributed by atoms with Crippen LogP contribution in [0.4, 0.5) is 11.5 Å². The molecule has 0 radical (unpaired) electrons. The van der Waals surface area contributed by atoms with Gasteiger partial charge in [0.1, 0.15) is 5.82 Å². The Hall–Kier alpha value is -1.25. The number of pyridine rings is 1. The number of nitrogens with zero attached hydrogens (tertiary/aromatic N) is 2. The Morgan fingerprint density at radius 1 is 1.50 bits per heavy atom. The Morgan fingerprint density at radius 2 is 2.21 bits per heavy atom. The monoisotopic (exact) mass is 193 g/mol. The van der Waals surface area contributed by atoms with Crippen LogP contribution in [0, 0.1) is 6.92 Å². The van der Waals surface area contributed by atoms with E-state index in [0.717, 1.165) is 23.6 Å². The molecule has 0 amide bonds. The molecule has 2 N–H and O–H groups in total. The number of nitrogen functional groups attached to an aromatic ring is 1. The number of unbranched alkanes of at least 4 members (excludes halogenated alkanes) is 1. The van der Waals surface area contributed by atoms with E-state index in [1.807, 2.05) is 26.2 Å². The van der Waals surface area contributed by atoms with Crippen LogP contribution in [0.5, 0.6) is 0 Å². The molecule has 0 bridgehead atoms. The third-order valence-electron chi connectivity index (χ3n) is 2.37. The summed E-state index contributed by atoms with van der Waals surface area (Å²) < 4.78 is 0. The molecular formula is C11H19N3. The highest BCUT2D eigenvalue weighted by Gasteiger charge is 2.03. The quantitative estimate of drug-likeness (QED) is 0.797. The Labute approximate surface area is 85.9 Å². The molecule has 1 aromatic rings. The van der Waals surface area contributed by atoms with Crippen LogP contribution in [0.2, 0.25) is 0 Å². The van der Waals surface area contributed by atoms with Crippen molar-refractivity contribution in [2.45, 2.75) is 26.7 Å². The number of rotatable bonds is 4. The lowest BCUT2D eigenvalue weighted by Gasteiger charge is -2.18. The summed E-state index contributed by atoms with van der Waals surface area (Å²) in [4.78, 5) is 6.48. The second-order valence-electron chi connectivity index (χ2n) is 3.67. The van der Waals surface area contributed by atoms with Crippen molar-refractivity contribution in [3.05, 3.63) is 17.8 Å². The maximum Gasteiger partial charge on any atom is 0.130 e. The molecule has 0 spiro atoms. The van der Waals surface area contributed by atoms with Crippen LogP contribution in [0.1, 0.15) is 25.3 Å². The molecule has 0 fully saturated rings.